The quantitative estimate of drug-likeness (QED) is 0.609. The molecule has 0 saturated heterocycles. The number of hydrogen-bond donors (Lipinski definition) is 2. The van der Waals surface area contributed by atoms with Crippen LogP contribution in [-0.2, 0) is 10.5 Å². The van der Waals surface area contributed by atoms with E-state index in [1.54, 1.807) is 11.8 Å². The second-order valence-electron chi connectivity index (χ2n) is 6.61. The van der Waals surface area contributed by atoms with Crippen molar-refractivity contribution in [3.63, 3.8) is 0 Å². The van der Waals surface area contributed by atoms with Crippen molar-refractivity contribution in [3.8, 4) is 5.75 Å². The average Bonchev–Trinajstić information content (AvgIpc) is 3.14. The van der Waals surface area contributed by atoms with Crippen LogP contribution in [0.1, 0.15) is 24.1 Å². The minimum absolute atomic E-state index is 0.437. The third-order valence-corrected chi connectivity index (χ3v) is 5.65. The number of anilines is 1. The topological polar surface area (TPSA) is 95.1 Å². The molecule has 29 heavy (non-hydrogen) atoms. The predicted octanol–water partition coefficient (Wildman–Crippen LogP) is 3.35. The molecule has 1 aliphatic heterocycles. The molecule has 0 radical (unpaired) electrons. The van der Waals surface area contributed by atoms with E-state index in [1.165, 1.54) is 17.3 Å². The number of carbonyl (C=O) groups excluding carboxylic acids is 1. The lowest BCUT2D eigenvalue weighted by atomic mass is 9.94. The molecule has 0 saturated carbocycles. The fraction of sp³-hybridized carbons (Fsp3) is 0.190. The van der Waals surface area contributed by atoms with Crippen LogP contribution in [0.2, 0.25) is 0 Å². The van der Waals surface area contributed by atoms with Crippen molar-refractivity contribution in [1.82, 2.24) is 14.8 Å². The van der Waals surface area contributed by atoms with E-state index in [4.69, 9.17) is 10.5 Å². The van der Waals surface area contributed by atoms with Gasteiger partial charge in [-0.3, -0.25) is 4.79 Å². The van der Waals surface area contributed by atoms with Crippen LogP contribution in [0.15, 0.2) is 71.0 Å². The van der Waals surface area contributed by atoms with Crippen LogP contribution >= 0.6 is 11.8 Å². The molecule has 148 valence electrons. The van der Waals surface area contributed by atoms with E-state index in [-0.39, 0.29) is 0 Å². The smallest absolute Gasteiger partial charge is 0.248 e. The molecule has 0 bridgehead atoms. The minimum Gasteiger partial charge on any atom is -0.496 e. The molecule has 1 aliphatic rings. The summed E-state index contributed by atoms with van der Waals surface area (Å²) in [6, 6.07) is 17.2. The number of ether oxygens (including phenoxy) is 1. The lowest BCUT2D eigenvalue weighted by molar-refractivity contribution is -0.115. The van der Waals surface area contributed by atoms with Crippen LogP contribution in [0.25, 0.3) is 0 Å². The van der Waals surface area contributed by atoms with E-state index in [1.807, 2.05) is 49.4 Å². The van der Waals surface area contributed by atoms with E-state index in [0.29, 0.717) is 28.1 Å². The summed E-state index contributed by atoms with van der Waals surface area (Å²) in [5.74, 6) is 1.47. The fourth-order valence-electron chi connectivity index (χ4n) is 3.41. The molecule has 3 N–H and O–H groups in total. The lowest BCUT2D eigenvalue weighted by Gasteiger charge is -2.28. The van der Waals surface area contributed by atoms with Gasteiger partial charge in [-0.05, 0) is 18.6 Å². The van der Waals surface area contributed by atoms with Gasteiger partial charge in [0.15, 0.2) is 0 Å². The first-order valence-electron chi connectivity index (χ1n) is 9.12. The van der Waals surface area contributed by atoms with Gasteiger partial charge in [0, 0.05) is 17.0 Å². The Labute approximate surface area is 173 Å². The molecule has 0 spiro atoms. The van der Waals surface area contributed by atoms with Crippen LogP contribution in [0.4, 0.5) is 5.95 Å². The van der Waals surface area contributed by atoms with Gasteiger partial charge in [0.1, 0.15) is 11.8 Å². The standard InChI is InChI=1S/C21H21N5O2S/c1-13-17(19(22)27)18(15-10-6-7-11-16(15)28-2)26-20(23-13)24-21(25-26)29-12-14-8-4-3-5-9-14/h3-11,18H,12H2,1-2H3,(H2,22,27)(H,23,24,25)/t18-/m0/s1. The molecule has 1 amide bonds. The Bertz CT molecular complexity index is 1080. The van der Waals surface area contributed by atoms with Crippen molar-refractivity contribution in [3.05, 3.63) is 77.0 Å². The van der Waals surface area contributed by atoms with E-state index in [9.17, 15) is 4.79 Å². The molecular weight excluding hydrogens is 386 g/mol. The van der Waals surface area contributed by atoms with Crippen LogP contribution < -0.4 is 15.8 Å². The number of thioether (sulfide) groups is 1. The average molecular weight is 407 g/mol. The number of carbonyl (C=O) groups is 1. The summed E-state index contributed by atoms with van der Waals surface area (Å²) in [6.45, 7) is 1.82. The van der Waals surface area contributed by atoms with Gasteiger partial charge in [-0.1, -0.05) is 60.3 Å². The summed E-state index contributed by atoms with van der Waals surface area (Å²) >= 11 is 1.54. The number of benzene rings is 2. The lowest BCUT2D eigenvalue weighted by Crippen LogP contribution is -2.32. The van der Waals surface area contributed by atoms with E-state index in [0.717, 1.165) is 11.3 Å². The van der Waals surface area contributed by atoms with Gasteiger partial charge in [-0.2, -0.15) is 4.98 Å². The number of nitrogens with one attached hydrogen (secondary N) is 1. The number of hydrogen-bond acceptors (Lipinski definition) is 6. The van der Waals surface area contributed by atoms with Gasteiger partial charge in [0.05, 0.1) is 12.7 Å². The molecule has 2 heterocycles. The van der Waals surface area contributed by atoms with Crippen molar-refractivity contribution >= 4 is 23.6 Å². The maximum atomic E-state index is 12.3. The molecule has 1 atom stereocenters. The molecule has 0 fully saturated rings. The molecule has 7 nitrogen and oxygen atoms in total. The Morgan fingerprint density at radius 1 is 1.21 bits per heavy atom. The summed E-state index contributed by atoms with van der Waals surface area (Å²) in [5.41, 5.74) is 8.82. The third kappa shape index (κ3) is 3.71. The van der Waals surface area contributed by atoms with Crippen molar-refractivity contribution in [1.29, 1.82) is 0 Å². The molecule has 1 aromatic heterocycles. The highest BCUT2D eigenvalue weighted by atomic mass is 32.2. The Balaban J connectivity index is 1.73. The number of allylic oxidation sites excluding steroid dienone is 1. The summed E-state index contributed by atoms with van der Waals surface area (Å²) < 4.78 is 7.23. The fourth-order valence-corrected chi connectivity index (χ4v) is 4.20. The Kier molecular flexibility index (Phi) is 5.26. The van der Waals surface area contributed by atoms with Crippen molar-refractivity contribution in [2.45, 2.75) is 23.9 Å². The first-order chi connectivity index (χ1) is 14.1. The third-order valence-electron chi connectivity index (χ3n) is 4.74. The predicted molar refractivity (Wildman–Crippen MR) is 113 cm³/mol. The number of amides is 1. The Hall–Kier alpha value is -3.26. The van der Waals surface area contributed by atoms with Gasteiger partial charge >= 0.3 is 0 Å². The normalized spacial score (nSPS) is 15.6. The van der Waals surface area contributed by atoms with Crippen LogP contribution in [-0.4, -0.2) is 27.8 Å². The van der Waals surface area contributed by atoms with Crippen LogP contribution in [0.5, 0.6) is 5.75 Å². The zero-order valence-corrected chi connectivity index (χ0v) is 16.9. The number of methoxy groups -OCH3 is 1. The zero-order valence-electron chi connectivity index (χ0n) is 16.1. The summed E-state index contributed by atoms with van der Waals surface area (Å²) in [6.07, 6.45) is 0. The Morgan fingerprint density at radius 2 is 1.93 bits per heavy atom. The SMILES string of the molecule is COc1ccccc1[C@H]1C(C(N)=O)=C(C)Nc2nc(SCc3ccccc3)nn21. The number of para-hydroxylation sites is 1. The highest BCUT2D eigenvalue weighted by Crippen LogP contribution is 2.39. The van der Waals surface area contributed by atoms with Crippen molar-refractivity contribution < 1.29 is 9.53 Å². The zero-order chi connectivity index (χ0) is 20.4. The van der Waals surface area contributed by atoms with Gasteiger partial charge in [-0.25, -0.2) is 4.68 Å². The number of nitrogens with two attached hydrogens (primary N) is 1. The minimum atomic E-state index is -0.515. The maximum absolute atomic E-state index is 12.3. The number of primary amides is 1. The Morgan fingerprint density at radius 3 is 2.66 bits per heavy atom. The van der Waals surface area contributed by atoms with E-state index >= 15 is 0 Å². The number of aromatic nitrogens is 3. The largest absolute Gasteiger partial charge is 0.496 e. The molecule has 0 aliphatic carbocycles. The second-order valence-corrected chi connectivity index (χ2v) is 7.55. The van der Waals surface area contributed by atoms with E-state index in [2.05, 4.69) is 27.5 Å². The van der Waals surface area contributed by atoms with Gasteiger partial charge in [0.25, 0.3) is 0 Å². The van der Waals surface area contributed by atoms with Crippen molar-refractivity contribution in [2.75, 3.05) is 12.4 Å². The van der Waals surface area contributed by atoms with Gasteiger partial charge in [-0.15, -0.1) is 5.10 Å². The van der Waals surface area contributed by atoms with Crippen LogP contribution in [0, 0.1) is 0 Å². The first-order valence-corrected chi connectivity index (χ1v) is 10.1. The molecule has 2 aromatic carbocycles. The van der Waals surface area contributed by atoms with Crippen LogP contribution in [0.3, 0.4) is 0 Å². The first kappa shape index (κ1) is 19.1. The van der Waals surface area contributed by atoms with E-state index < -0.39 is 11.9 Å². The number of fused-ring (bicyclic) bond motifs is 1. The highest BCUT2D eigenvalue weighted by molar-refractivity contribution is 7.98. The summed E-state index contributed by atoms with van der Waals surface area (Å²) in [5, 5.41) is 8.46. The molecule has 4 rings (SSSR count). The molecule has 0 unspecified atom stereocenters. The monoisotopic (exact) mass is 407 g/mol. The van der Waals surface area contributed by atoms with Crippen molar-refractivity contribution in [2.24, 2.45) is 5.73 Å². The summed E-state index contributed by atoms with van der Waals surface area (Å²) in [7, 11) is 1.60. The molecule has 3 aromatic rings. The number of nitrogens with zero attached hydrogens (tertiary/aromatic N) is 3. The van der Waals surface area contributed by atoms with Gasteiger partial charge in [0.2, 0.25) is 17.0 Å². The highest BCUT2D eigenvalue weighted by Gasteiger charge is 2.34. The number of rotatable bonds is 6. The molecule has 8 heteroatoms. The second kappa shape index (κ2) is 8.00. The molecular formula is C21H21N5O2S. The summed E-state index contributed by atoms with van der Waals surface area (Å²) in [4.78, 5) is 16.9. The maximum Gasteiger partial charge on any atom is 0.248 e. The van der Waals surface area contributed by atoms with Gasteiger partial charge < -0.3 is 15.8 Å².